The quantitative estimate of drug-likeness (QED) is 0.837. The molecule has 0 bridgehead atoms. The first-order chi connectivity index (χ1) is 12.0. The predicted molar refractivity (Wildman–Crippen MR) is 103 cm³/mol. The fraction of sp³-hybridized carbons (Fsp3) is 0.250. The van der Waals surface area contributed by atoms with Crippen molar-refractivity contribution in [2.24, 2.45) is 4.99 Å². The first-order valence-corrected chi connectivity index (χ1v) is 9.36. The van der Waals surface area contributed by atoms with E-state index in [1.54, 1.807) is 12.1 Å². The summed E-state index contributed by atoms with van der Waals surface area (Å²) < 4.78 is 13.0. The van der Waals surface area contributed by atoms with Gasteiger partial charge >= 0.3 is 0 Å². The number of allylic oxidation sites excluding steroid dienone is 1. The molecule has 0 spiro atoms. The van der Waals surface area contributed by atoms with E-state index in [9.17, 15) is 9.32 Å². The summed E-state index contributed by atoms with van der Waals surface area (Å²) in [6.07, 6.45) is 0. The Bertz CT molecular complexity index is 857. The topological polar surface area (TPSA) is 52.9 Å². The Morgan fingerprint density at radius 3 is 2.40 bits per heavy atom. The van der Waals surface area contributed by atoms with Gasteiger partial charge in [0.25, 0.3) is 0 Å². The van der Waals surface area contributed by atoms with Crippen molar-refractivity contribution in [2.45, 2.75) is 17.9 Å². The number of fused-ring (bicyclic) bond motifs is 1. The van der Waals surface area contributed by atoms with Gasteiger partial charge in [-0.3, -0.25) is 4.99 Å². The van der Waals surface area contributed by atoms with Crippen LogP contribution < -0.4 is 0 Å². The lowest BCUT2D eigenvalue weighted by Crippen LogP contribution is -2.28. The molecule has 3 rings (SSSR count). The van der Waals surface area contributed by atoms with E-state index in [-0.39, 0.29) is 11.8 Å². The van der Waals surface area contributed by atoms with Crippen LogP contribution in [0.5, 0.6) is 0 Å². The lowest BCUT2D eigenvalue weighted by atomic mass is 10.1. The van der Waals surface area contributed by atoms with E-state index in [4.69, 9.17) is 4.99 Å². The maximum absolute atomic E-state index is 13.0. The molecule has 5 heteroatoms. The summed E-state index contributed by atoms with van der Waals surface area (Å²) in [5.41, 5.74) is 2.08. The monoisotopic (exact) mass is 354 g/mol. The van der Waals surface area contributed by atoms with Crippen molar-refractivity contribution in [3.05, 3.63) is 70.6 Å². The molecule has 2 unspecified atom stereocenters. The molecule has 25 heavy (non-hydrogen) atoms. The summed E-state index contributed by atoms with van der Waals surface area (Å²) in [5, 5.41) is 10.7. The first kappa shape index (κ1) is 17.6. The molecule has 130 valence electrons. The highest BCUT2D eigenvalue weighted by molar-refractivity contribution is 7.90. The second-order valence-corrected chi connectivity index (χ2v) is 7.70. The SMILES string of the molecule is CC(CN=C(C1=C(O)c2ccccc2S1=O)c1ccccc1)N(C)C. The number of hydrogen-bond donors (Lipinski definition) is 1. The second-order valence-electron chi connectivity index (χ2n) is 6.31. The Labute approximate surface area is 151 Å². The van der Waals surface area contributed by atoms with Crippen LogP contribution in [0.1, 0.15) is 18.1 Å². The molecule has 0 aromatic heterocycles. The molecule has 2 aromatic rings. The smallest absolute Gasteiger partial charge is 0.142 e. The Morgan fingerprint density at radius 2 is 1.76 bits per heavy atom. The maximum Gasteiger partial charge on any atom is 0.142 e. The largest absolute Gasteiger partial charge is 0.506 e. The van der Waals surface area contributed by atoms with Gasteiger partial charge in [0.2, 0.25) is 0 Å². The average Bonchev–Trinajstić information content (AvgIpc) is 2.88. The minimum Gasteiger partial charge on any atom is -0.506 e. The molecule has 0 radical (unpaired) electrons. The van der Waals surface area contributed by atoms with E-state index in [0.717, 1.165) is 5.56 Å². The summed E-state index contributed by atoms with van der Waals surface area (Å²) in [6.45, 7) is 2.64. The van der Waals surface area contributed by atoms with Gasteiger partial charge in [-0.1, -0.05) is 42.5 Å². The van der Waals surface area contributed by atoms with Crippen molar-refractivity contribution in [1.29, 1.82) is 0 Å². The van der Waals surface area contributed by atoms with Crippen molar-refractivity contribution in [2.75, 3.05) is 20.6 Å². The van der Waals surface area contributed by atoms with Crippen LogP contribution >= 0.6 is 0 Å². The molecule has 0 aliphatic carbocycles. The zero-order valence-corrected chi connectivity index (χ0v) is 15.5. The predicted octanol–water partition coefficient (Wildman–Crippen LogP) is 3.47. The summed E-state index contributed by atoms with van der Waals surface area (Å²) in [5.74, 6) is 0.0639. The minimum absolute atomic E-state index is 0.0639. The maximum atomic E-state index is 13.0. The van der Waals surface area contributed by atoms with Crippen molar-refractivity contribution >= 4 is 22.3 Å². The van der Waals surface area contributed by atoms with Crippen LogP contribution in [0.25, 0.3) is 5.76 Å². The third-order valence-electron chi connectivity index (χ3n) is 4.40. The molecule has 0 amide bonds. The first-order valence-electron chi connectivity index (χ1n) is 8.21. The molecule has 0 saturated heterocycles. The third kappa shape index (κ3) is 3.43. The van der Waals surface area contributed by atoms with Crippen molar-refractivity contribution in [3.63, 3.8) is 0 Å². The van der Waals surface area contributed by atoms with E-state index in [1.807, 2.05) is 56.6 Å². The molecular formula is C20H22N2O2S. The molecular weight excluding hydrogens is 332 g/mol. The van der Waals surface area contributed by atoms with Gasteiger partial charge in [-0.05, 0) is 33.2 Å². The highest BCUT2D eigenvalue weighted by Crippen LogP contribution is 2.36. The van der Waals surface area contributed by atoms with Gasteiger partial charge < -0.3 is 10.0 Å². The van der Waals surface area contributed by atoms with Gasteiger partial charge in [0.1, 0.15) is 10.7 Å². The summed E-state index contributed by atoms with van der Waals surface area (Å²) >= 11 is 0. The van der Waals surface area contributed by atoms with E-state index < -0.39 is 10.8 Å². The van der Waals surface area contributed by atoms with Gasteiger partial charge in [-0.25, -0.2) is 4.21 Å². The molecule has 4 nitrogen and oxygen atoms in total. The number of aliphatic hydroxyl groups is 1. The standard InChI is InChI=1S/C20H22N2O2S/c1-14(22(2)3)13-21-18(15-9-5-4-6-10-15)20-19(23)16-11-7-8-12-17(16)25(20)24/h4-12,14,23H,13H2,1-3H3. The number of benzene rings is 2. The number of hydrogen-bond acceptors (Lipinski definition) is 4. The fourth-order valence-electron chi connectivity index (χ4n) is 2.62. The van der Waals surface area contributed by atoms with Crippen LogP contribution in [0.3, 0.4) is 0 Å². The zero-order valence-electron chi connectivity index (χ0n) is 14.6. The Hall–Kier alpha value is -2.24. The van der Waals surface area contributed by atoms with E-state index in [0.29, 0.717) is 27.6 Å². The highest BCUT2D eigenvalue weighted by atomic mass is 32.2. The van der Waals surface area contributed by atoms with Crippen molar-refractivity contribution in [1.82, 2.24) is 4.90 Å². The van der Waals surface area contributed by atoms with Gasteiger partial charge in [-0.2, -0.15) is 0 Å². The Kier molecular flexibility index (Phi) is 5.16. The van der Waals surface area contributed by atoms with E-state index >= 15 is 0 Å². The van der Waals surface area contributed by atoms with Gasteiger partial charge in [0.05, 0.1) is 28.0 Å². The number of nitrogens with zero attached hydrogens (tertiary/aromatic N) is 2. The van der Waals surface area contributed by atoms with Crippen LogP contribution in [0.2, 0.25) is 0 Å². The average molecular weight is 354 g/mol. The van der Waals surface area contributed by atoms with Gasteiger partial charge in [-0.15, -0.1) is 0 Å². The lowest BCUT2D eigenvalue weighted by molar-refractivity contribution is 0.321. The van der Waals surface area contributed by atoms with Crippen LogP contribution in [0, 0.1) is 0 Å². The molecule has 1 N–H and O–H groups in total. The second kappa shape index (κ2) is 7.33. The van der Waals surface area contributed by atoms with Crippen molar-refractivity contribution < 1.29 is 9.32 Å². The minimum atomic E-state index is -1.44. The highest BCUT2D eigenvalue weighted by Gasteiger charge is 2.32. The molecule has 2 aromatic carbocycles. The van der Waals surface area contributed by atoms with Crippen LogP contribution in [-0.4, -0.2) is 46.6 Å². The number of likely N-dealkylation sites (N-methyl/N-ethyl adjacent to an activating group) is 1. The summed E-state index contributed by atoms with van der Waals surface area (Å²) in [4.78, 5) is 7.87. The number of aliphatic imine (C=N–C) groups is 1. The lowest BCUT2D eigenvalue weighted by Gasteiger charge is -2.18. The van der Waals surface area contributed by atoms with Crippen LogP contribution in [-0.2, 0) is 10.8 Å². The zero-order chi connectivity index (χ0) is 18.0. The molecule has 1 aliphatic heterocycles. The molecule has 1 heterocycles. The summed E-state index contributed by atoms with van der Waals surface area (Å²) in [6, 6.07) is 17.1. The van der Waals surface area contributed by atoms with Crippen molar-refractivity contribution in [3.8, 4) is 0 Å². The molecule has 0 fully saturated rings. The third-order valence-corrected chi connectivity index (χ3v) is 5.91. The molecule has 1 aliphatic rings. The fourth-order valence-corrected chi connectivity index (χ4v) is 4.05. The van der Waals surface area contributed by atoms with Gasteiger partial charge in [0.15, 0.2) is 0 Å². The number of rotatable bonds is 5. The van der Waals surface area contributed by atoms with E-state index in [2.05, 4.69) is 11.8 Å². The Morgan fingerprint density at radius 1 is 1.12 bits per heavy atom. The molecule has 2 atom stereocenters. The van der Waals surface area contributed by atoms with E-state index in [1.165, 1.54) is 0 Å². The van der Waals surface area contributed by atoms with Crippen LogP contribution in [0.15, 0.2) is 69.4 Å². The van der Waals surface area contributed by atoms with Gasteiger partial charge in [0, 0.05) is 17.2 Å². The number of aliphatic hydroxyl groups excluding tert-OH is 1. The molecule has 0 saturated carbocycles. The van der Waals surface area contributed by atoms with Crippen LogP contribution in [0.4, 0.5) is 0 Å². The summed E-state index contributed by atoms with van der Waals surface area (Å²) in [7, 11) is 2.57. The Balaban J connectivity index is 2.09. The normalized spacial score (nSPS) is 18.6.